The Morgan fingerprint density at radius 3 is 1.53 bits per heavy atom. The predicted molar refractivity (Wildman–Crippen MR) is 78.4 cm³/mol. The van der Waals surface area contributed by atoms with Crippen molar-refractivity contribution in [3.63, 3.8) is 0 Å². The van der Waals surface area contributed by atoms with Crippen molar-refractivity contribution in [3.05, 3.63) is 67.9 Å². The Hall–Kier alpha value is 0.774. The van der Waals surface area contributed by atoms with Crippen molar-refractivity contribution >= 4 is 24.8 Å². The molecule has 0 radical (unpaired) electrons. The van der Waals surface area contributed by atoms with Gasteiger partial charge in [-0.1, -0.05) is 23.8 Å². The Bertz CT molecular complexity index is 121. The van der Waals surface area contributed by atoms with Gasteiger partial charge in [0.1, 0.15) is 0 Å². The van der Waals surface area contributed by atoms with Crippen LogP contribution in [-0.4, -0.2) is 0 Å². The maximum Gasteiger partial charge on any atom is 0 e. The van der Waals surface area contributed by atoms with Crippen LogP contribution < -0.4 is 0 Å². The van der Waals surface area contributed by atoms with Crippen molar-refractivity contribution in [3.8, 4) is 0 Å². The topological polar surface area (TPSA) is 0 Å². The van der Waals surface area contributed by atoms with Crippen molar-refractivity contribution in [1.82, 2.24) is 0 Å². The second-order valence-electron chi connectivity index (χ2n) is 1.71. The maximum absolute atomic E-state index is 3.76. The van der Waals surface area contributed by atoms with Crippen LogP contribution in [0.4, 0.5) is 0 Å². The van der Waals surface area contributed by atoms with Gasteiger partial charge in [-0.2, -0.15) is 6.42 Å². The van der Waals surface area contributed by atoms with E-state index in [1.165, 1.54) is 5.57 Å². The van der Waals surface area contributed by atoms with Gasteiger partial charge < -0.3 is 44.1 Å². The first-order chi connectivity index (χ1) is 3.43. The van der Waals surface area contributed by atoms with Gasteiger partial charge in [0.25, 0.3) is 0 Å². The molecule has 0 bridgehead atoms. The summed E-state index contributed by atoms with van der Waals surface area (Å²) in [6.07, 6.45) is 8.46. The average molecular weight is 289 g/mol. The van der Waals surface area contributed by atoms with E-state index in [4.69, 9.17) is 0 Å². The van der Waals surface area contributed by atoms with Crippen molar-refractivity contribution in [2.75, 3.05) is 0 Å². The first-order valence-corrected chi connectivity index (χ1v) is 2.57. The molecule has 0 saturated heterocycles. The molecule has 1 aliphatic carbocycles. The molecule has 0 N–H and O–H groups in total. The van der Waals surface area contributed by atoms with Crippen LogP contribution in [0.15, 0.2) is 23.8 Å². The molecule has 1 rings (SSSR count). The largest absolute Gasteiger partial charge is 0.358 e. The minimum atomic E-state index is 0. The Labute approximate surface area is 127 Å². The Balaban J connectivity index is -0.0000000102. The summed E-state index contributed by atoms with van der Waals surface area (Å²) in [4.78, 5) is 0. The standard InChI is InChI=1S/C7H9.5CH3.2ClH.Ti/c1-2-7-5-3-4-6-7;;;;;;;;/h3-5H,1-2,6H2;5*1H3;2*1H;/q6*-1;;;. The van der Waals surface area contributed by atoms with Gasteiger partial charge in [-0.25, -0.2) is 0 Å². The molecule has 0 nitrogen and oxygen atoms in total. The third kappa shape index (κ3) is 25.2. The summed E-state index contributed by atoms with van der Waals surface area (Å²) in [5.41, 5.74) is 1.44. The van der Waals surface area contributed by atoms with Crippen molar-refractivity contribution < 1.29 is 21.7 Å². The quantitative estimate of drug-likeness (QED) is 0.460. The summed E-state index contributed by atoms with van der Waals surface area (Å²) in [5, 5.41) is 0. The van der Waals surface area contributed by atoms with Crippen molar-refractivity contribution in [2.24, 2.45) is 0 Å². The number of hydrogen-bond donors (Lipinski definition) is 0. The van der Waals surface area contributed by atoms with E-state index in [1.807, 2.05) is 0 Å². The zero-order chi connectivity index (χ0) is 5.11. The average Bonchev–Trinajstić information content (AvgIpc) is 2.14. The molecule has 0 amide bonds. The van der Waals surface area contributed by atoms with Gasteiger partial charge in [0.2, 0.25) is 0 Å². The van der Waals surface area contributed by atoms with E-state index >= 15 is 0 Å². The summed E-state index contributed by atoms with van der Waals surface area (Å²) in [6.45, 7) is 3.76. The van der Waals surface area contributed by atoms with Crippen LogP contribution in [0.5, 0.6) is 0 Å². The molecule has 0 aromatic rings. The molecule has 0 saturated carbocycles. The molecule has 0 heterocycles. The van der Waals surface area contributed by atoms with E-state index < -0.39 is 0 Å². The smallest absolute Gasteiger partial charge is 0 e. The van der Waals surface area contributed by atoms with Gasteiger partial charge in [-0.05, 0) is 6.42 Å². The van der Waals surface area contributed by atoms with Crippen LogP contribution in [0, 0.1) is 44.1 Å². The van der Waals surface area contributed by atoms with Crippen molar-refractivity contribution in [1.29, 1.82) is 0 Å². The molecule has 3 heteroatoms. The second kappa shape index (κ2) is 36.4. The first kappa shape index (κ1) is 57.0. The van der Waals surface area contributed by atoms with E-state index in [9.17, 15) is 0 Å². The Morgan fingerprint density at radius 2 is 1.40 bits per heavy atom. The zero-order valence-corrected chi connectivity index (χ0v) is 13.9. The monoisotopic (exact) mass is 288 g/mol. The predicted octanol–water partition coefficient (Wildman–Crippen LogP) is 5.19. The van der Waals surface area contributed by atoms with Crippen LogP contribution in [0.2, 0.25) is 0 Å². The minimum absolute atomic E-state index is 0. The summed E-state index contributed by atoms with van der Waals surface area (Å²) < 4.78 is 0. The molecule has 98 valence electrons. The summed E-state index contributed by atoms with van der Waals surface area (Å²) in [5.74, 6) is 0. The number of hydrogen-bond acceptors (Lipinski definition) is 0. The van der Waals surface area contributed by atoms with Crippen LogP contribution in [0.1, 0.15) is 12.8 Å². The minimum Gasteiger partial charge on any atom is -0.358 e. The normalized spacial score (nSPS) is 8.20. The van der Waals surface area contributed by atoms with Crippen LogP contribution in [0.25, 0.3) is 0 Å². The number of halogens is 2. The van der Waals surface area contributed by atoms with Gasteiger partial charge in [-0.15, -0.1) is 24.8 Å². The van der Waals surface area contributed by atoms with Gasteiger partial charge >= 0.3 is 0 Å². The van der Waals surface area contributed by atoms with Gasteiger partial charge in [0.05, 0.1) is 0 Å². The van der Waals surface area contributed by atoms with Crippen LogP contribution in [0.3, 0.4) is 0 Å². The molecule has 0 aromatic carbocycles. The molecule has 0 aliphatic heterocycles. The van der Waals surface area contributed by atoms with Gasteiger partial charge in [-0.3, -0.25) is 0 Å². The molecule has 1 aliphatic rings. The Kier molecular flexibility index (Phi) is 138. The summed E-state index contributed by atoms with van der Waals surface area (Å²) in [6, 6.07) is 0. The van der Waals surface area contributed by atoms with Crippen molar-refractivity contribution in [2.45, 2.75) is 12.8 Å². The van der Waals surface area contributed by atoms with Crippen LogP contribution in [-0.2, 0) is 21.7 Å². The fraction of sp³-hybridized carbons (Fsp3) is 0.167. The third-order valence-electron chi connectivity index (χ3n) is 1.17. The van der Waals surface area contributed by atoms with E-state index in [-0.39, 0.29) is 83.7 Å². The molecule has 0 fully saturated rings. The van der Waals surface area contributed by atoms with Crippen LogP contribution >= 0.6 is 24.8 Å². The van der Waals surface area contributed by atoms with E-state index in [0.29, 0.717) is 0 Å². The second-order valence-corrected chi connectivity index (χ2v) is 1.71. The zero-order valence-electron chi connectivity index (χ0n) is 10.7. The van der Waals surface area contributed by atoms with Gasteiger partial charge in [0, 0.05) is 21.7 Å². The molecular weight excluding hydrogens is 263 g/mol. The molecule has 0 unspecified atom stereocenters. The first-order valence-electron chi connectivity index (χ1n) is 2.57. The van der Waals surface area contributed by atoms with E-state index in [0.717, 1.165) is 12.8 Å². The fourth-order valence-corrected chi connectivity index (χ4v) is 0.677. The summed E-state index contributed by atoms with van der Waals surface area (Å²) >= 11 is 0. The molecular formula is C12H26Cl2Ti-6. The van der Waals surface area contributed by atoms with Gasteiger partial charge in [0.15, 0.2) is 0 Å². The molecule has 0 aromatic heterocycles. The number of allylic oxidation sites excluding steroid dienone is 4. The third-order valence-corrected chi connectivity index (χ3v) is 1.17. The number of rotatable bonds is 1. The van der Waals surface area contributed by atoms with E-state index in [2.05, 4.69) is 25.2 Å². The summed E-state index contributed by atoms with van der Waals surface area (Å²) in [7, 11) is 0. The molecule has 15 heavy (non-hydrogen) atoms. The fourth-order valence-electron chi connectivity index (χ4n) is 0.677. The maximum atomic E-state index is 3.76. The van der Waals surface area contributed by atoms with E-state index in [1.54, 1.807) is 0 Å². The molecule has 0 spiro atoms. The molecule has 0 atom stereocenters. The SMILES string of the molecule is Cl.Cl.[CH2-]CC1=CC=CC1.[CH3-].[CH3-].[CH3-].[CH3-].[CH3-].[Ti]. The Morgan fingerprint density at radius 1 is 1.00 bits per heavy atom.